The van der Waals surface area contributed by atoms with Gasteiger partial charge >= 0.3 is 5.97 Å². The van der Waals surface area contributed by atoms with Crippen LogP contribution < -0.4 is 5.43 Å². The maximum Gasteiger partial charge on any atom is 0.363 e. The highest BCUT2D eigenvalue weighted by Crippen LogP contribution is 2.14. The molecule has 1 aromatic carbocycles. The van der Waals surface area contributed by atoms with Gasteiger partial charge in [-0.25, -0.2) is 9.48 Å². The second-order valence-corrected chi connectivity index (χ2v) is 5.97. The number of halogens is 1. The van der Waals surface area contributed by atoms with E-state index in [1.807, 2.05) is 13.8 Å². The summed E-state index contributed by atoms with van der Waals surface area (Å²) < 4.78 is 6.42. The Bertz CT molecular complexity index is 858. The zero-order valence-electron chi connectivity index (χ0n) is 14.9. The smallest absolute Gasteiger partial charge is 0.363 e. The molecule has 1 heterocycles. The summed E-state index contributed by atoms with van der Waals surface area (Å²) in [6, 6.07) is 8.08. The molecule has 2 rings (SSSR count). The number of carbonyl (C=O) groups is 2. The molecule has 1 aromatic heterocycles. The van der Waals surface area contributed by atoms with Crippen LogP contribution in [0.3, 0.4) is 0 Å². The van der Waals surface area contributed by atoms with E-state index in [-0.39, 0.29) is 11.6 Å². The van der Waals surface area contributed by atoms with Gasteiger partial charge in [0.15, 0.2) is 6.61 Å². The molecule has 0 radical (unpaired) electrons. The maximum atomic E-state index is 12.2. The van der Waals surface area contributed by atoms with E-state index in [9.17, 15) is 14.4 Å². The number of amides is 1. The van der Waals surface area contributed by atoms with Crippen LogP contribution in [0.4, 0.5) is 0 Å². The number of hydrogen-bond donors (Lipinski definition) is 0. The van der Waals surface area contributed by atoms with Crippen LogP contribution in [-0.2, 0) is 9.53 Å². The SMILES string of the molecule is CCN(CC)C(=O)COC(=O)c1nn(-c2ccc(Cl)cc2)c(C)cc1=O. The van der Waals surface area contributed by atoms with Crippen molar-refractivity contribution in [1.29, 1.82) is 0 Å². The van der Waals surface area contributed by atoms with Gasteiger partial charge in [0, 0.05) is 29.9 Å². The molecule has 0 aliphatic heterocycles. The van der Waals surface area contributed by atoms with Crippen LogP contribution in [0, 0.1) is 6.92 Å². The number of likely N-dealkylation sites (N-methyl/N-ethyl adjacent to an activating group) is 1. The van der Waals surface area contributed by atoms with Crippen LogP contribution in [0.25, 0.3) is 5.69 Å². The summed E-state index contributed by atoms with van der Waals surface area (Å²) >= 11 is 5.88. The first kappa shape index (κ1) is 19.7. The minimum Gasteiger partial charge on any atom is -0.451 e. The Hall–Kier alpha value is -2.67. The van der Waals surface area contributed by atoms with Crippen LogP contribution >= 0.6 is 11.6 Å². The quantitative estimate of drug-likeness (QED) is 0.721. The van der Waals surface area contributed by atoms with Crippen LogP contribution in [0.15, 0.2) is 35.1 Å². The zero-order valence-corrected chi connectivity index (χ0v) is 15.6. The maximum absolute atomic E-state index is 12.2. The molecule has 7 nitrogen and oxygen atoms in total. The number of rotatable bonds is 6. The summed E-state index contributed by atoms with van der Waals surface area (Å²) in [5.74, 6) is -1.26. The van der Waals surface area contributed by atoms with Crippen molar-refractivity contribution >= 4 is 23.5 Å². The molecule has 0 bridgehead atoms. The Labute approximate surface area is 156 Å². The predicted octanol–water partition coefficient (Wildman–Crippen LogP) is 2.22. The molecule has 0 saturated heterocycles. The lowest BCUT2D eigenvalue weighted by Crippen LogP contribution is -2.35. The van der Waals surface area contributed by atoms with Gasteiger partial charge in [-0.1, -0.05) is 11.6 Å². The second kappa shape index (κ2) is 8.62. The minimum atomic E-state index is -0.932. The number of ether oxygens (including phenoxy) is 1. The normalized spacial score (nSPS) is 10.5. The van der Waals surface area contributed by atoms with E-state index in [1.165, 1.54) is 15.6 Å². The first-order chi connectivity index (χ1) is 12.4. The van der Waals surface area contributed by atoms with Crippen LogP contribution in [0.2, 0.25) is 5.02 Å². The van der Waals surface area contributed by atoms with Crippen molar-refractivity contribution in [2.75, 3.05) is 19.7 Å². The van der Waals surface area contributed by atoms with Gasteiger partial charge in [0.25, 0.3) is 5.91 Å². The summed E-state index contributed by atoms with van der Waals surface area (Å²) in [6.45, 7) is 5.95. The van der Waals surface area contributed by atoms with Gasteiger partial charge in [0.1, 0.15) is 0 Å². The Balaban J connectivity index is 2.25. The Morgan fingerprint density at radius 3 is 2.38 bits per heavy atom. The highest BCUT2D eigenvalue weighted by molar-refractivity contribution is 6.30. The summed E-state index contributed by atoms with van der Waals surface area (Å²) in [7, 11) is 0. The zero-order chi connectivity index (χ0) is 19.3. The molecule has 26 heavy (non-hydrogen) atoms. The molecule has 8 heteroatoms. The van der Waals surface area contributed by atoms with Gasteiger partial charge in [-0.3, -0.25) is 9.59 Å². The highest BCUT2D eigenvalue weighted by atomic mass is 35.5. The average Bonchev–Trinajstić information content (AvgIpc) is 2.62. The van der Waals surface area contributed by atoms with E-state index in [1.54, 1.807) is 31.2 Å². The molecule has 0 fully saturated rings. The topological polar surface area (TPSA) is 81.5 Å². The standard InChI is InChI=1S/C18H20ClN3O4/c1-4-21(5-2)16(24)11-26-18(25)17-15(23)10-12(3)22(20-17)14-8-6-13(19)7-9-14/h6-10H,4-5,11H2,1-3H3. The van der Waals surface area contributed by atoms with Crippen molar-refractivity contribution < 1.29 is 14.3 Å². The van der Waals surface area contributed by atoms with Crippen molar-refractivity contribution in [1.82, 2.24) is 14.7 Å². The summed E-state index contributed by atoms with van der Waals surface area (Å²) in [5.41, 5.74) is 0.249. The van der Waals surface area contributed by atoms with Crippen LogP contribution in [-0.4, -0.2) is 46.3 Å². The molecule has 0 aliphatic carbocycles. The van der Waals surface area contributed by atoms with E-state index in [2.05, 4.69) is 5.10 Å². The number of esters is 1. The number of aryl methyl sites for hydroxylation is 1. The Morgan fingerprint density at radius 2 is 1.81 bits per heavy atom. The first-order valence-corrected chi connectivity index (χ1v) is 8.57. The molecule has 138 valence electrons. The summed E-state index contributed by atoms with van der Waals surface area (Å²) in [5, 5.41) is 4.65. The number of nitrogens with zero attached hydrogens (tertiary/aromatic N) is 3. The molecule has 2 aromatic rings. The summed E-state index contributed by atoms with van der Waals surface area (Å²) in [6.07, 6.45) is 0. The van der Waals surface area contributed by atoms with E-state index in [0.717, 1.165) is 0 Å². The van der Waals surface area contributed by atoms with Gasteiger partial charge in [-0.2, -0.15) is 5.10 Å². The van der Waals surface area contributed by atoms with E-state index < -0.39 is 18.0 Å². The molecule has 0 N–H and O–H groups in total. The predicted molar refractivity (Wildman–Crippen MR) is 97.8 cm³/mol. The van der Waals surface area contributed by atoms with E-state index in [4.69, 9.17) is 16.3 Å². The second-order valence-electron chi connectivity index (χ2n) is 5.53. The fourth-order valence-corrected chi connectivity index (χ4v) is 2.52. The van der Waals surface area contributed by atoms with Gasteiger partial charge in [-0.05, 0) is 45.0 Å². The van der Waals surface area contributed by atoms with Gasteiger partial charge in [0.05, 0.1) is 5.69 Å². The highest BCUT2D eigenvalue weighted by Gasteiger charge is 2.19. The third-order valence-corrected chi connectivity index (χ3v) is 4.07. The van der Waals surface area contributed by atoms with Crippen molar-refractivity contribution in [3.05, 3.63) is 57.0 Å². The van der Waals surface area contributed by atoms with Crippen LogP contribution in [0.5, 0.6) is 0 Å². The number of benzene rings is 1. The molecule has 0 spiro atoms. The van der Waals surface area contributed by atoms with Crippen LogP contribution in [0.1, 0.15) is 30.0 Å². The molecule has 0 saturated carbocycles. The first-order valence-electron chi connectivity index (χ1n) is 8.19. The molecule has 0 unspecified atom stereocenters. The van der Waals surface area contributed by atoms with E-state index >= 15 is 0 Å². The Morgan fingerprint density at radius 1 is 1.19 bits per heavy atom. The van der Waals surface area contributed by atoms with Crippen molar-refractivity contribution in [3.63, 3.8) is 0 Å². The molecule has 0 aliphatic rings. The lowest BCUT2D eigenvalue weighted by Gasteiger charge is -2.18. The fourth-order valence-electron chi connectivity index (χ4n) is 2.40. The van der Waals surface area contributed by atoms with Crippen molar-refractivity contribution in [2.24, 2.45) is 0 Å². The Kier molecular flexibility index (Phi) is 6.52. The lowest BCUT2D eigenvalue weighted by atomic mass is 10.3. The molecular formula is C18H20ClN3O4. The third kappa shape index (κ3) is 4.49. The average molecular weight is 378 g/mol. The van der Waals surface area contributed by atoms with Gasteiger partial charge < -0.3 is 9.64 Å². The molecule has 1 amide bonds. The minimum absolute atomic E-state index is 0.325. The number of aromatic nitrogens is 2. The monoisotopic (exact) mass is 377 g/mol. The van der Waals surface area contributed by atoms with Crippen molar-refractivity contribution in [2.45, 2.75) is 20.8 Å². The van der Waals surface area contributed by atoms with Gasteiger partial charge in [-0.15, -0.1) is 0 Å². The van der Waals surface area contributed by atoms with Crippen molar-refractivity contribution in [3.8, 4) is 5.69 Å². The summed E-state index contributed by atoms with van der Waals surface area (Å²) in [4.78, 5) is 37.8. The van der Waals surface area contributed by atoms with E-state index in [0.29, 0.717) is 29.5 Å². The van der Waals surface area contributed by atoms with Gasteiger partial charge in [0.2, 0.25) is 11.1 Å². The number of hydrogen-bond acceptors (Lipinski definition) is 5. The third-order valence-electron chi connectivity index (χ3n) is 3.81. The number of carbonyl (C=O) groups excluding carboxylic acids is 2. The molecule has 0 atom stereocenters. The fraction of sp³-hybridized carbons (Fsp3) is 0.333. The largest absolute Gasteiger partial charge is 0.451 e. The molecular weight excluding hydrogens is 358 g/mol. The lowest BCUT2D eigenvalue weighted by molar-refractivity contribution is -0.134.